The number of para-hydroxylation sites is 1. The SMILES string of the molecule is CC(C(=O)Nc1ccccc1Cl)N1CCCC(CNC(=O)C2CCCN2)C1. The second kappa shape index (κ2) is 9.53. The van der Waals surface area contributed by atoms with Gasteiger partial charge in [-0.1, -0.05) is 23.7 Å². The molecule has 7 heteroatoms. The minimum Gasteiger partial charge on any atom is -0.354 e. The number of likely N-dealkylation sites (tertiary alicyclic amines) is 1. The van der Waals surface area contributed by atoms with E-state index in [0.29, 0.717) is 23.2 Å². The van der Waals surface area contributed by atoms with Gasteiger partial charge in [0.1, 0.15) is 0 Å². The van der Waals surface area contributed by atoms with Crippen LogP contribution in [0.1, 0.15) is 32.6 Å². The normalized spacial score (nSPS) is 24.4. The maximum atomic E-state index is 12.6. The number of carbonyl (C=O) groups is 2. The van der Waals surface area contributed by atoms with Gasteiger partial charge in [-0.3, -0.25) is 14.5 Å². The molecule has 0 saturated carbocycles. The lowest BCUT2D eigenvalue weighted by atomic mass is 9.96. The summed E-state index contributed by atoms with van der Waals surface area (Å²) < 4.78 is 0. The van der Waals surface area contributed by atoms with Gasteiger partial charge in [0.2, 0.25) is 11.8 Å². The Labute approximate surface area is 166 Å². The fraction of sp³-hybridized carbons (Fsp3) is 0.600. The second-order valence-corrected chi connectivity index (χ2v) is 7.95. The highest BCUT2D eigenvalue weighted by Gasteiger charge is 2.29. The van der Waals surface area contributed by atoms with Gasteiger partial charge in [0, 0.05) is 13.1 Å². The summed E-state index contributed by atoms with van der Waals surface area (Å²) in [5, 5.41) is 9.77. The van der Waals surface area contributed by atoms with Crippen molar-refractivity contribution < 1.29 is 9.59 Å². The number of hydrogen-bond donors (Lipinski definition) is 3. The number of rotatable bonds is 6. The molecular weight excluding hydrogens is 364 g/mol. The topological polar surface area (TPSA) is 73.5 Å². The maximum Gasteiger partial charge on any atom is 0.241 e. The first-order valence-corrected chi connectivity index (χ1v) is 10.2. The Bertz CT molecular complexity index is 663. The largest absolute Gasteiger partial charge is 0.354 e. The van der Waals surface area contributed by atoms with Crippen molar-refractivity contribution >= 4 is 29.1 Å². The van der Waals surface area contributed by atoms with Gasteiger partial charge in [-0.2, -0.15) is 0 Å². The van der Waals surface area contributed by atoms with Crippen molar-refractivity contribution in [2.24, 2.45) is 5.92 Å². The molecule has 2 aliphatic heterocycles. The molecule has 3 rings (SSSR count). The van der Waals surface area contributed by atoms with E-state index in [1.807, 2.05) is 19.1 Å². The molecule has 6 nitrogen and oxygen atoms in total. The summed E-state index contributed by atoms with van der Waals surface area (Å²) in [7, 11) is 0. The first kappa shape index (κ1) is 20.1. The average molecular weight is 393 g/mol. The highest BCUT2D eigenvalue weighted by molar-refractivity contribution is 6.33. The summed E-state index contributed by atoms with van der Waals surface area (Å²) in [5.74, 6) is 0.428. The number of halogens is 1. The summed E-state index contributed by atoms with van der Waals surface area (Å²) in [6.45, 7) is 5.23. The van der Waals surface area contributed by atoms with Crippen LogP contribution in [0.15, 0.2) is 24.3 Å². The molecule has 0 aliphatic carbocycles. The predicted molar refractivity (Wildman–Crippen MR) is 108 cm³/mol. The zero-order valence-electron chi connectivity index (χ0n) is 15.8. The molecule has 148 valence electrons. The van der Waals surface area contributed by atoms with Crippen LogP contribution in [0.3, 0.4) is 0 Å². The molecule has 3 atom stereocenters. The molecule has 3 N–H and O–H groups in total. The third-order valence-electron chi connectivity index (χ3n) is 5.55. The summed E-state index contributed by atoms with van der Waals surface area (Å²) in [4.78, 5) is 27.0. The molecule has 2 saturated heterocycles. The Hall–Kier alpha value is -1.63. The van der Waals surface area contributed by atoms with Crippen LogP contribution < -0.4 is 16.0 Å². The van der Waals surface area contributed by atoms with E-state index in [0.717, 1.165) is 45.3 Å². The van der Waals surface area contributed by atoms with Crippen molar-refractivity contribution in [3.8, 4) is 0 Å². The van der Waals surface area contributed by atoms with E-state index in [-0.39, 0.29) is 23.9 Å². The molecule has 3 unspecified atom stereocenters. The van der Waals surface area contributed by atoms with Crippen LogP contribution >= 0.6 is 11.6 Å². The van der Waals surface area contributed by atoms with Gasteiger partial charge in [-0.15, -0.1) is 0 Å². The standard InChI is InChI=1S/C20H29ClN4O2/c1-14(19(26)24-17-8-3-2-7-16(17)21)25-11-5-6-15(13-25)12-23-20(27)18-9-4-10-22-18/h2-3,7-8,14-15,18,22H,4-6,9-13H2,1H3,(H,23,27)(H,24,26). The molecule has 27 heavy (non-hydrogen) atoms. The van der Waals surface area contributed by atoms with E-state index in [4.69, 9.17) is 11.6 Å². The number of anilines is 1. The Balaban J connectivity index is 1.48. The summed E-state index contributed by atoms with van der Waals surface area (Å²) in [6.07, 6.45) is 4.09. The number of nitrogens with one attached hydrogen (secondary N) is 3. The number of nitrogens with zero attached hydrogens (tertiary/aromatic N) is 1. The first-order chi connectivity index (χ1) is 13.0. The Morgan fingerprint density at radius 3 is 2.85 bits per heavy atom. The highest BCUT2D eigenvalue weighted by Crippen LogP contribution is 2.22. The van der Waals surface area contributed by atoms with Gasteiger partial charge in [0.25, 0.3) is 0 Å². The molecule has 0 aromatic heterocycles. The van der Waals surface area contributed by atoms with Crippen LogP contribution in [0.25, 0.3) is 0 Å². The van der Waals surface area contributed by atoms with E-state index < -0.39 is 0 Å². The summed E-state index contributed by atoms with van der Waals surface area (Å²) in [6, 6.07) is 6.98. The molecule has 0 radical (unpaired) electrons. The fourth-order valence-corrected chi connectivity index (χ4v) is 4.04. The molecule has 0 spiro atoms. The number of carbonyl (C=O) groups excluding carboxylic acids is 2. The van der Waals surface area contributed by atoms with Gasteiger partial charge in [-0.25, -0.2) is 0 Å². The van der Waals surface area contributed by atoms with Crippen molar-refractivity contribution in [2.75, 3.05) is 31.5 Å². The Kier molecular flexibility index (Phi) is 7.10. The van der Waals surface area contributed by atoms with Crippen LogP contribution in [0, 0.1) is 5.92 Å². The fourth-order valence-electron chi connectivity index (χ4n) is 3.86. The van der Waals surface area contributed by atoms with Crippen molar-refractivity contribution in [3.05, 3.63) is 29.3 Å². The van der Waals surface area contributed by atoms with Crippen LogP contribution in [0.2, 0.25) is 5.02 Å². The van der Waals surface area contributed by atoms with E-state index in [1.54, 1.807) is 12.1 Å². The molecule has 2 aliphatic rings. The predicted octanol–water partition coefficient (Wildman–Crippen LogP) is 2.25. The third kappa shape index (κ3) is 5.43. The van der Waals surface area contributed by atoms with Crippen LogP contribution in [-0.2, 0) is 9.59 Å². The molecule has 1 aromatic carbocycles. The van der Waals surface area contributed by atoms with Crippen LogP contribution in [-0.4, -0.2) is 55.0 Å². The quantitative estimate of drug-likeness (QED) is 0.694. The molecule has 2 heterocycles. The van der Waals surface area contributed by atoms with Crippen LogP contribution in [0.5, 0.6) is 0 Å². The van der Waals surface area contributed by atoms with Crippen molar-refractivity contribution in [1.29, 1.82) is 0 Å². The molecule has 2 amide bonds. The number of benzene rings is 1. The van der Waals surface area contributed by atoms with Gasteiger partial charge in [0.15, 0.2) is 0 Å². The molecule has 2 fully saturated rings. The summed E-state index contributed by atoms with van der Waals surface area (Å²) >= 11 is 6.13. The van der Waals surface area contributed by atoms with Gasteiger partial charge >= 0.3 is 0 Å². The van der Waals surface area contributed by atoms with Gasteiger partial charge in [0.05, 0.1) is 22.8 Å². The molecule has 0 bridgehead atoms. The second-order valence-electron chi connectivity index (χ2n) is 7.54. The number of amides is 2. The van der Waals surface area contributed by atoms with Gasteiger partial charge < -0.3 is 16.0 Å². The lowest BCUT2D eigenvalue weighted by Crippen LogP contribution is -2.50. The Morgan fingerprint density at radius 1 is 1.30 bits per heavy atom. The Morgan fingerprint density at radius 2 is 2.11 bits per heavy atom. The minimum atomic E-state index is -0.240. The van der Waals surface area contributed by atoms with Crippen molar-refractivity contribution in [2.45, 2.75) is 44.7 Å². The number of piperidine rings is 1. The average Bonchev–Trinajstić information content (AvgIpc) is 3.22. The maximum absolute atomic E-state index is 12.6. The molecular formula is C20H29ClN4O2. The summed E-state index contributed by atoms with van der Waals surface area (Å²) in [5.41, 5.74) is 0.640. The number of hydrogen-bond acceptors (Lipinski definition) is 4. The zero-order chi connectivity index (χ0) is 19.2. The first-order valence-electron chi connectivity index (χ1n) is 9.85. The van der Waals surface area contributed by atoms with Crippen molar-refractivity contribution in [1.82, 2.24) is 15.5 Å². The van der Waals surface area contributed by atoms with Crippen LogP contribution in [0.4, 0.5) is 5.69 Å². The lowest BCUT2D eigenvalue weighted by molar-refractivity contribution is -0.124. The smallest absolute Gasteiger partial charge is 0.241 e. The zero-order valence-corrected chi connectivity index (χ0v) is 16.6. The lowest BCUT2D eigenvalue weighted by Gasteiger charge is -2.36. The van der Waals surface area contributed by atoms with E-state index in [2.05, 4.69) is 20.9 Å². The van der Waals surface area contributed by atoms with Gasteiger partial charge in [-0.05, 0) is 63.7 Å². The highest BCUT2D eigenvalue weighted by atomic mass is 35.5. The molecule has 1 aromatic rings. The van der Waals surface area contributed by atoms with E-state index in [1.165, 1.54) is 0 Å². The van der Waals surface area contributed by atoms with E-state index >= 15 is 0 Å². The monoisotopic (exact) mass is 392 g/mol. The van der Waals surface area contributed by atoms with Crippen molar-refractivity contribution in [3.63, 3.8) is 0 Å². The minimum absolute atomic E-state index is 0.0370. The third-order valence-corrected chi connectivity index (χ3v) is 5.88. The van der Waals surface area contributed by atoms with E-state index in [9.17, 15) is 9.59 Å².